The number of benzene rings is 2. The van der Waals surface area contributed by atoms with Gasteiger partial charge in [0, 0.05) is 50.3 Å². The highest BCUT2D eigenvalue weighted by Gasteiger charge is 2.27. The molecular weight excluding hydrogens is 428 g/mol. The number of nitrogens with zero attached hydrogens (tertiary/aromatic N) is 4. The lowest BCUT2D eigenvalue weighted by molar-refractivity contribution is -0.128. The van der Waals surface area contributed by atoms with Crippen LogP contribution in [0, 0.1) is 0 Å². The van der Waals surface area contributed by atoms with E-state index in [-0.39, 0.29) is 17.7 Å². The molecule has 2 aromatic carbocycles. The molecule has 0 radical (unpaired) electrons. The predicted molar refractivity (Wildman–Crippen MR) is 128 cm³/mol. The Balaban J connectivity index is 1.26. The van der Waals surface area contributed by atoms with E-state index in [9.17, 15) is 9.59 Å². The summed E-state index contributed by atoms with van der Waals surface area (Å²) in [5.74, 6) is 1.48. The van der Waals surface area contributed by atoms with Gasteiger partial charge in [0.15, 0.2) is 0 Å². The van der Waals surface area contributed by atoms with Gasteiger partial charge in [-0.3, -0.25) is 14.6 Å². The number of piperidine rings is 1. The Morgan fingerprint density at radius 3 is 2.74 bits per heavy atom. The molecule has 0 unspecified atom stereocenters. The maximum atomic E-state index is 13.3. The molecule has 2 aliphatic rings. The van der Waals surface area contributed by atoms with Crippen molar-refractivity contribution >= 4 is 11.8 Å². The molecular formula is C27H28N4O3. The van der Waals surface area contributed by atoms with Gasteiger partial charge in [-0.2, -0.15) is 0 Å². The number of hydrogen-bond acceptors (Lipinski definition) is 5. The Bertz CT molecular complexity index is 1170. The van der Waals surface area contributed by atoms with Gasteiger partial charge < -0.3 is 14.5 Å². The number of hydrogen-bond donors (Lipinski definition) is 0. The number of para-hydroxylation sites is 1. The monoisotopic (exact) mass is 456 g/mol. The fourth-order valence-corrected chi connectivity index (χ4v) is 4.70. The highest BCUT2D eigenvalue weighted by atomic mass is 16.5. The van der Waals surface area contributed by atoms with Crippen LogP contribution < -0.4 is 4.74 Å². The quantitative estimate of drug-likeness (QED) is 0.549. The van der Waals surface area contributed by atoms with E-state index in [4.69, 9.17) is 4.74 Å². The lowest BCUT2D eigenvalue weighted by Crippen LogP contribution is -2.39. The Hall–Kier alpha value is -3.74. The number of amides is 2. The molecule has 0 aliphatic carbocycles. The summed E-state index contributed by atoms with van der Waals surface area (Å²) in [6.45, 7) is 2.67. The number of carbonyl (C=O) groups excluding carboxylic acids is 2. The van der Waals surface area contributed by atoms with Crippen molar-refractivity contribution < 1.29 is 14.3 Å². The van der Waals surface area contributed by atoms with E-state index >= 15 is 0 Å². The predicted octanol–water partition coefficient (Wildman–Crippen LogP) is 4.41. The Kier molecular flexibility index (Phi) is 6.51. The smallest absolute Gasteiger partial charge is 0.253 e. The third-order valence-corrected chi connectivity index (χ3v) is 6.44. The van der Waals surface area contributed by atoms with Crippen molar-refractivity contribution in [2.75, 3.05) is 19.6 Å². The zero-order valence-electron chi connectivity index (χ0n) is 19.1. The Morgan fingerprint density at radius 1 is 1.03 bits per heavy atom. The van der Waals surface area contributed by atoms with Crippen LogP contribution in [0.1, 0.15) is 53.2 Å². The summed E-state index contributed by atoms with van der Waals surface area (Å²) in [5.41, 5.74) is 2.50. The average molecular weight is 457 g/mol. The number of aromatic nitrogens is 2. The van der Waals surface area contributed by atoms with Crippen LogP contribution in [-0.2, 0) is 11.3 Å². The van der Waals surface area contributed by atoms with E-state index in [1.165, 1.54) is 0 Å². The molecule has 174 valence electrons. The fraction of sp³-hybridized carbons (Fsp3) is 0.333. The van der Waals surface area contributed by atoms with Crippen LogP contribution in [0.4, 0.5) is 0 Å². The Labute approximate surface area is 199 Å². The van der Waals surface area contributed by atoms with Crippen molar-refractivity contribution in [1.29, 1.82) is 0 Å². The van der Waals surface area contributed by atoms with E-state index in [1.54, 1.807) is 12.4 Å². The van der Waals surface area contributed by atoms with Crippen molar-refractivity contribution in [3.63, 3.8) is 0 Å². The van der Waals surface area contributed by atoms with Crippen LogP contribution in [0.3, 0.4) is 0 Å². The molecule has 0 saturated carbocycles. The molecule has 2 saturated heterocycles. The standard InChI is InChI=1S/C27H28N4O3/c32-26-12-6-13-30(26)18-20-7-4-8-21(15-20)27(33)31-14-5-9-22(19-31)24-16-28-17-25(29-24)34-23-10-2-1-3-11-23/h1-4,7-8,10-11,15-17,22H,5-6,9,12-14,18-19H2/t22-/m1/s1. The van der Waals surface area contributed by atoms with Gasteiger partial charge in [0.2, 0.25) is 11.8 Å². The SMILES string of the molecule is O=C1CCCN1Cc1cccc(C(=O)N2CCC[C@@H](c3cncc(Oc4ccccc4)n3)C2)c1. The molecule has 2 fully saturated rings. The number of ether oxygens (including phenoxy) is 1. The first-order valence-electron chi connectivity index (χ1n) is 11.9. The number of carbonyl (C=O) groups is 2. The maximum absolute atomic E-state index is 13.3. The molecule has 2 amide bonds. The second kappa shape index (κ2) is 10.0. The van der Waals surface area contributed by atoms with Crippen molar-refractivity contribution in [2.45, 2.75) is 38.1 Å². The third kappa shape index (κ3) is 5.09. The summed E-state index contributed by atoms with van der Waals surface area (Å²) in [6, 6.07) is 17.2. The summed E-state index contributed by atoms with van der Waals surface area (Å²) < 4.78 is 5.85. The van der Waals surface area contributed by atoms with Crippen LogP contribution in [0.2, 0.25) is 0 Å². The molecule has 0 N–H and O–H groups in total. The van der Waals surface area contributed by atoms with E-state index in [1.807, 2.05) is 64.4 Å². The van der Waals surface area contributed by atoms with Gasteiger partial charge in [-0.05, 0) is 49.1 Å². The summed E-state index contributed by atoms with van der Waals surface area (Å²) in [6.07, 6.45) is 6.76. The topological polar surface area (TPSA) is 75.6 Å². The molecule has 2 aliphatic heterocycles. The molecule has 1 aromatic heterocycles. The molecule has 3 heterocycles. The van der Waals surface area contributed by atoms with Crippen molar-refractivity contribution in [2.24, 2.45) is 0 Å². The molecule has 3 aromatic rings. The minimum absolute atomic E-state index is 0.0175. The van der Waals surface area contributed by atoms with Gasteiger partial charge in [-0.1, -0.05) is 30.3 Å². The third-order valence-electron chi connectivity index (χ3n) is 6.44. The van der Waals surface area contributed by atoms with Crippen LogP contribution in [-0.4, -0.2) is 51.2 Å². The minimum Gasteiger partial charge on any atom is -0.437 e. The van der Waals surface area contributed by atoms with Gasteiger partial charge in [-0.25, -0.2) is 4.98 Å². The summed E-state index contributed by atoms with van der Waals surface area (Å²) >= 11 is 0. The zero-order chi connectivity index (χ0) is 23.3. The summed E-state index contributed by atoms with van der Waals surface area (Å²) in [5, 5.41) is 0. The van der Waals surface area contributed by atoms with Gasteiger partial charge in [-0.15, -0.1) is 0 Å². The van der Waals surface area contributed by atoms with Gasteiger partial charge in [0.25, 0.3) is 5.91 Å². The van der Waals surface area contributed by atoms with Crippen molar-refractivity contribution in [3.8, 4) is 11.6 Å². The largest absolute Gasteiger partial charge is 0.437 e. The van der Waals surface area contributed by atoms with Crippen molar-refractivity contribution in [1.82, 2.24) is 19.8 Å². The molecule has 34 heavy (non-hydrogen) atoms. The highest BCUT2D eigenvalue weighted by molar-refractivity contribution is 5.94. The second-order valence-electron chi connectivity index (χ2n) is 8.91. The fourth-order valence-electron chi connectivity index (χ4n) is 4.70. The first-order chi connectivity index (χ1) is 16.7. The van der Waals surface area contributed by atoms with E-state index in [0.717, 1.165) is 43.6 Å². The molecule has 0 spiro atoms. The van der Waals surface area contributed by atoms with Crippen LogP contribution >= 0.6 is 0 Å². The zero-order valence-corrected chi connectivity index (χ0v) is 19.1. The number of likely N-dealkylation sites (tertiary alicyclic amines) is 2. The lowest BCUT2D eigenvalue weighted by Gasteiger charge is -2.32. The molecule has 5 rings (SSSR count). The van der Waals surface area contributed by atoms with Crippen LogP contribution in [0.5, 0.6) is 11.6 Å². The first-order valence-corrected chi connectivity index (χ1v) is 11.9. The Morgan fingerprint density at radius 2 is 1.91 bits per heavy atom. The second-order valence-corrected chi connectivity index (χ2v) is 8.91. The molecule has 7 nitrogen and oxygen atoms in total. The maximum Gasteiger partial charge on any atom is 0.253 e. The molecule has 0 bridgehead atoms. The first kappa shape index (κ1) is 22.1. The molecule has 7 heteroatoms. The van der Waals surface area contributed by atoms with Crippen molar-refractivity contribution in [3.05, 3.63) is 83.8 Å². The highest BCUT2D eigenvalue weighted by Crippen LogP contribution is 2.28. The van der Waals surface area contributed by atoms with Gasteiger partial charge in [0.1, 0.15) is 5.75 Å². The van der Waals surface area contributed by atoms with Crippen LogP contribution in [0.25, 0.3) is 0 Å². The minimum atomic E-state index is 0.0175. The van der Waals surface area contributed by atoms with Gasteiger partial charge in [0.05, 0.1) is 11.9 Å². The van der Waals surface area contributed by atoms with Crippen LogP contribution in [0.15, 0.2) is 67.0 Å². The number of rotatable bonds is 6. The van der Waals surface area contributed by atoms with E-state index in [2.05, 4.69) is 9.97 Å². The average Bonchev–Trinajstić information content (AvgIpc) is 3.28. The van der Waals surface area contributed by atoms with Gasteiger partial charge >= 0.3 is 0 Å². The summed E-state index contributed by atoms with van der Waals surface area (Å²) in [7, 11) is 0. The molecule has 1 atom stereocenters. The van der Waals surface area contributed by atoms with E-state index < -0.39 is 0 Å². The normalized spacial score (nSPS) is 18.2. The van der Waals surface area contributed by atoms with E-state index in [0.29, 0.717) is 36.7 Å². The summed E-state index contributed by atoms with van der Waals surface area (Å²) in [4.78, 5) is 38.1. The lowest BCUT2D eigenvalue weighted by atomic mass is 9.94.